The average molecular weight is 493 g/mol. The molecule has 1 fully saturated rings. The highest BCUT2D eigenvalue weighted by atomic mass is 32.2. The van der Waals surface area contributed by atoms with Gasteiger partial charge in [-0.3, -0.25) is 4.79 Å². The van der Waals surface area contributed by atoms with Crippen molar-refractivity contribution in [2.24, 2.45) is 7.05 Å². The van der Waals surface area contributed by atoms with Crippen LogP contribution in [-0.2, 0) is 28.3 Å². The van der Waals surface area contributed by atoms with E-state index < -0.39 is 16.6 Å². The van der Waals surface area contributed by atoms with Crippen LogP contribution in [-0.4, -0.2) is 47.9 Å². The van der Waals surface area contributed by atoms with Gasteiger partial charge in [-0.25, -0.2) is 13.4 Å². The van der Waals surface area contributed by atoms with Crippen LogP contribution < -0.4 is 10.1 Å². The van der Waals surface area contributed by atoms with Gasteiger partial charge in [-0.2, -0.15) is 13.1 Å². The van der Waals surface area contributed by atoms with E-state index in [9.17, 15) is 22.0 Å². The molecule has 1 saturated heterocycles. The van der Waals surface area contributed by atoms with Gasteiger partial charge in [-0.05, 0) is 55.3 Å². The number of anilines is 1. The number of aryl methyl sites for hydroxylation is 2. The number of halogens is 2. The van der Waals surface area contributed by atoms with Crippen molar-refractivity contribution in [3.05, 3.63) is 48.3 Å². The van der Waals surface area contributed by atoms with E-state index in [1.807, 2.05) is 11.6 Å². The number of benzene rings is 2. The number of ether oxygens (including phenoxy) is 1. The summed E-state index contributed by atoms with van der Waals surface area (Å²) >= 11 is 0. The SMILES string of the molecule is Cn1c(CCC(=O)Nc2ccc(OC(F)F)cc2)nc2cc(S(=O)(=O)N3CCCCC3)ccc21. The molecule has 0 unspecified atom stereocenters. The number of alkyl halides is 2. The van der Waals surface area contributed by atoms with Crippen molar-refractivity contribution >= 4 is 32.7 Å². The summed E-state index contributed by atoms with van der Waals surface area (Å²) < 4.78 is 58.1. The van der Waals surface area contributed by atoms with Gasteiger partial charge in [0.2, 0.25) is 15.9 Å². The van der Waals surface area contributed by atoms with Gasteiger partial charge in [0.25, 0.3) is 0 Å². The zero-order chi connectivity index (χ0) is 24.3. The maximum atomic E-state index is 13.0. The summed E-state index contributed by atoms with van der Waals surface area (Å²) in [5.74, 6) is 0.399. The number of fused-ring (bicyclic) bond motifs is 1. The minimum absolute atomic E-state index is 0.00868. The number of piperidine rings is 1. The Bertz CT molecular complexity index is 1270. The number of amides is 1. The highest BCUT2D eigenvalue weighted by molar-refractivity contribution is 7.89. The van der Waals surface area contributed by atoms with E-state index in [4.69, 9.17) is 0 Å². The molecule has 11 heteroatoms. The second kappa shape index (κ2) is 10.1. The standard InChI is InChI=1S/C23H26F2N4O4S/c1-28-20-10-9-18(34(31,32)29-13-3-2-4-14-29)15-19(20)27-21(28)11-12-22(30)26-16-5-7-17(8-6-16)33-23(24)25/h5-10,15,23H,2-4,11-14H2,1H3,(H,26,30). The van der Waals surface area contributed by atoms with Crippen molar-refractivity contribution in [3.8, 4) is 5.75 Å². The highest BCUT2D eigenvalue weighted by Gasteiger charge is 2.26. The fourth-order valence-corrected chi connectivity index (χ4v) is 5.57. The monoisotopic (exact) mass is 492 g/mol. The number of imidazole rings is 1. The molecule has 3 aromatic rings. The lowest BCUT2D eigenvalue weighted by molar-refractivity contribution is -0.116. The molecule has 8 nitrogen and oxygen atoms in total. The van der Waals surface area contributed by atoms with Crippen molar-refractivity contribution in [2.75, 3.05) is 18.4 Å². The van der Waals surface area contributed by atoms with Crippen LogP contribution in [0.3, 0.4) is 0 Å². The van der Waals surface area contributed by atoms with Crippen LogP contribution >= 0.6 is 0 Å². The summed E-state index contributed by atoms with van der Waals surface area (Å²) in [4.78, 5) is 17.1. The van der Waals surface area contributed by atoms with Gasteiger partial charge in [0, 0.05) is 38.7 Å². The molecule has 0 atom stereocenters. The minimum Gasteiger partial charge on any atom is -0.435 e. The zero-order valence-electron chi connectivity index (χ0n) is 18.7. The number of nitrogens with zero attached hydrogens (tertiary/aromatic N) is 3. The van der Waals surface area contributed by atoms with Gasteiger partial charge in [-0.15, -0.1) is 0 Å². The normalized spacial score (nSPS) is 15.1. The molecule has 1 amide bonds. The van der Waals surface area contributed by atoms with E-state index in [2.05, 4.69) is 15.0 Å². The molecule has 2 aromatic carbocycles. The zero-order valence-corrected chi connectivity index (χ0v) is 19.5. The molecule has 34 heavy (non-hydrogen) atoms. The number of sulfonamides is 1. The average Bonchev–Trinajstić information content (AvgIpc) is 3.14. The number of carbonyl (C=O) groups is 1. The van der Waals surface area contributed by atoms with E-state index in [1.54, 1.807) is 18.2 Å². The summed E-state index contributed by atoms with van der Waals surface area (Å²) in [6.07, 6.45) is 3.26. The first kappa shape index (κ1) is 24.1. The van der Waals surface area contributed by atoms with E-state index in [1.165, 1.54) is 28.6 Å². The van der Waals surface area contributed by atoms with Crippen LogP contribution in [0.5, 0.6) is 5.75 Å². The molecule has 2 heterocycles. The van der Waals surface area contributed by atoms with Crippen molar-refractivity contribution in [1.29, 1.82) is 0 Å². The Hall–Kier alpha value is -3.05. The number of rotatable bonds is 8. The Kier molecular flexibility index (Phi) is 7.13. The van der Waals surface area contributed by atoms with E-state index >= 15 is 0 Å². The van der Waals surface area contributed by atoms with Gasteiger partial charge < -0.3 is 14.6 Å². The third kappa shape index (κ3) is 5.36. The number of nitrogens with one attached hydrogen (secondary N) is 1. The van der Waals surface area contributed by atoms with Crippen LogP contribution in [0.2, 0.25) is 0 Å². The molecule has 0 radical (unpaired) electrons. The predicted molar refractivity (Wildman–Crippen MR) is 123 cm³/mol. The van der Waals surface area contributed by atoms with E-state index in [-0.39, 0.29) is 23.0 Å². The maximum absolute atomic E-state index is 13.0. The van der Waals surface area contributed by atoms with Crippen LogP contribution in [0.1, 0.15) is 31.5 Å². The Labute approximate surface area is 196 Å². The smallest absolute Gasteiger partial charge is 0.387 e. The molecule has 182 valence electrons. The first-order valence-electron chi connectivity index (χ1n) is 11.0. The molecule has 0 bridgehead atoms. The topological polar surface area (TPSA) is 93.5 Å². The quantitative estimate of drug-likeness (QED) is 0.515. The fraction of sp³-hybridized carbons (Fsp3) is 0.391. The second-order valence-corrected chi connectivity index (χ2v) is 10.1. The van der Waals surface area contributed by atoms with Crippen molar-refractivity contribution in [2.45, 2.75) is 43.6 Å². The summed E-state index contributed by atoms with van der Waals surface area (Å²) in [6, 6.07) is 10.6. The molecular weight excluding hydrogens is 466 g/mol. The molecule has 4 rings (SSSR count). The van der Waals surface area contributed by atoms with Gasteiger partial charge in [0.1, 0.15) is 11.6 Å². The molecular formula is C23H26F2N4O4S. The molecule has 0 saturated carbocycles. The summed E-state index contributed by atoms with van der Waals surface area (Å²) in [7, 11) is -1.74. The third-order valence-electron chi connectivity index (χ3n) is 5.84. The van der Waals surface area contributed by atoms with Gasteiger partial charge in [-0.1, -0.05) is 6.42 Å². The van der Waals surface area contributed by atoms with Gasteiger partial charge >= 0.3 is 6.61 Å². The van der Waals surface area contributed by atoms with Crippen LogP contribution in [0.15, 0.2) is 47.4 Å². The lowest BCUT2D eigenvalue weighted by Gasteiger charge is -2.25. The van der Waals surface area contributed by atoms with Crippen LogP contribution in [0.4, 0.5) is 14.5 Å². The number of hydrogen-bond donors (Lipinski definition) is 1. The van der Waals surface area contributed by atoms with E-state index in [0.29, 0.717) is 36.5 Å². The van der Waals surface area contributed by atoms with Gasteiger partial charge in [0.05, 0.1) is 15.9 Å². The Balaban J connectivity index is 1.42. The Morgan fingerprint density at radius 2 is 1.82 bits per heavy atom. The lowest BCUT2D eigenvalue weighted by Crippen LogP contribution is -2.35. The molecule has 1 aliphatic heterocycles. The number of aromatic nitrogens is 2. The Morgan fingerprint density at radius 3 is 2.50 bits per heavy atom. The second-order valence-electron chi connectivity index (χ2n) is 8.15. The molecule has 1 aromatic heterocycles. The third-order valence-corrected chi connectivity index (χ3v) is 7.73. The van der Waals surface area contributed by atoms with Crippen LogP contribution in [0, 0.1) is 0 Å². The fourth-order valence-electron chi connectivity index (χ4n) is 4.04. The molecule has 0 aliphatic carbocycles. The maximum Gasteiger partial charge on any atom is 0.387 e. The summed E-state index contributed by atoms with van der Waals surface area (Å²) in [5, 5.41) is 2.71. The van der Waals surface area contributed by atoms with Crippen molar-refractivity contribution < 1.29 is 26.7 Å². The first-order valence-corrected chi connectivity index (χ1v) is 12.5. The van der Waals surface area contributed by atoms with Crippen LogP contribution in [0.25, 0.3) is 11.0 Å². The molecule has 1 N–H and O–H groups in total. The molecule has 1 aliphatic rings. The van der Waals surface area contributed by atoms with E-state index in [0.717, 1.165) is 24.8 Å². The first-order chi connectivity index (χ1) is 16.2. The number of carbonyl (C=O) groups excluding carboxylic acids is 1. The summed E-state index contributed by atoms with van der Waals surface area (Å²) in [5.41, 5.74) is 1.80. The highest BCUT2D eigenvalue weighted by Crippen LogP contribution is 2.25. The number of hydrogen-bond acceptors (Lipinski definition) is 5. The summed E-state index contributed by atoms with van der Waals surface area (Å²) in [6.45, 7) is -1.84. The molecule has 0 spiro atoms. The van der Waals surface area contributed by atoms with Crippen molar-refractivity contribution in [1.82, 2.24) is 13.9 Å². The lowest BCUT2D eigenvalue weighted by atomic mass is 10.2. The minimum atomic E-state index is -3.56. The largest absolute Gasteiger partial charge is 0.435 e. The van der Waals surface area contributed by atoms with Crippen molar-refractivity contribution in [3.63, 3.8) is 0 Å². The van der Waals surface area contributed by atoms with Gasteiger partial charge in [0.15, 0.2) is 0 Å². The Morgan fingerprint density at radius 1 is 1.12 bits per heavy atom. The predicted octanol–water partition coefficient (Wildman–Crippen LogP) is 3.92.